The van der Waals surface area contributed by atoms with Gasteiger partial charge in [0.25, 0.3) is 0 Å². The third-order valence-corrected chi connectivity index (χ3v) is 5.96. The standard InChI is InChI=1S/C24H20BO4/c1-15-19-13-11-17-7-3-5-9-21(17)23(19)28-25(26-15)27-16(2)20-14-12-18-8-4-6-10-22(18)24(20)29-25/h3-16H,1-2H3/q-1. The molecule has 0 amide bonds. The molecule has 0 saturated heterocycles. The highest BCUT2D eigenvalue weighted by Gasteiger charge is 2.48. The van der Waals surface area contributed by atoms with Crippen LogP contribution in [0.1, 0.15) is 37.2 Å². The first kappa shape index (κ1) is 16.9. The zero-order valence-electron chi connectivity index (χ0n) is 16.3. The van der Waals surface area contributed by atoms with Gasteiger partial charge in [0.15, 0.2) is 0 Å². The summed E-state index contributed by atoms with van der Waals surface area (Å²) in [5.74, 6) is 1.55. The first-order chi connectivity index (χ1) is 14.1. The second-order valence-corrected chi connectivity index (χ2v) is 7.78. The lowest BCUT2D eigenvalue weighted by Crippen LogP contribution is -2.59. The summed E-state index contributed by atoms with van der Waals surface area (Å²) in [6.45, 7) is 1.58. The van der Waals surface area contributed by atoms with Crippen LogP contribution < -0.4 is 9.31 Å². The molecule has 0 aliphatic carbocycles. The third kappa shape index (κ3) is 2.48. The van der Waals surface area contributed by atoms with Crippen molar-refractivity contribution in [2.75, 3.05) is 0 Å². The van der Waals surface area contributed by atoms with Crippen LogP contribution in [-0.4, -0.2) is 6.96 Å². The maximum atomic E-state index is 6.42. The average molecular weight is 383 g/mol. The summed E-state index contributed by atoms with van der Waals surface area (Å²) >= 11 is 0. The average Bonchev–Trinajstić information content (AvgIpc) is 2.73. The Morgan fingerprint density at radius 3 is 1.52 bits per heavy atom. The molecule has 0 N–H and O–H groups in total. The largest absolute Gasteiger partial charge is 0.653 e. The molecule has 0 radical (unpaired) electrons. The quantitative estimate of drug-likeness (QED) is 0.346. The second-order valence-electron chi connectivity index (χ2n) is 7.78. The minimum atomic E-state index is -2.43. The van der Waals surface area contributed by atoms with Crippen molar-refractivity contribution in [3.8, 4) is 11.5 Å². The Balaban J connectivity index is 1.52. The molecule has 1 spiro atoms. The van der Waals surface area contributed by atoms with Crippen molar-refractivity contribution in [3.05, 3.63) is 83.9 Å². The Morgan fingerprint density at radius 1 is 0.586 bits per heavy atom. The van der Waals surface area contributed by atoms with E-state index in [2.05, 4.69) is 48.5 Å². The molecule has 0 bridgehead atoms. The van der Waals surface area contributed by atoms with Crippen LogP contribution in [0.15, 0.2) is 72.8 Å². The van der Waals surface area contributed by atoms with Crippen molar-refractivity contribution in [3.63, 3.8) is 0 Å². The van der Waals surface area contributed by atoms with Crippen molar-refractivity contribution in [2.45, 2.75) is 26.1 Å². The molecular weight excluding hydrogens is 363 g/mol. The fourth-order valence-electron chi connectivity index (χ4n) is 4.53. The van der Waals surface area contributed by atoms with Gasteiger partial charge in [0.05, 0.1) is 11.5 Å². The van der Waals surface area contributed by atoms with E-state index in [0.717, 1.165) is 44.2 Å². The Labute approximate surface area is 169 Å². The Hall–Kier alpha value is -3.02. The molecule has 6 rings (SSSR count). The summed E-state index contributed by atoms with van der Waals surface area (Å²) in [5.41, 5.74) is 2.00. The van der Waals surface area contributed by atoms with Crippen molar-refractivity contribution in [1.29, 1.82) is 0 Å². The highest BCUT2D eigenvalue weighted by molar-refractivity contribution is 6.56. The first-order valence-corrected chi connectivity index (χ1v) is 10.0. The maximum absolute atomic E-state index is 6.42. The summed E-state index contributed by atoms with van der Waals surface area (Å²) in [6, 6.07) is 24.7. The summed E-state index contributed by atoms with van der Waals surface area (Å²) in [5, 5.41) is 4.29. The lowest BCUT2D eigenvalue weighted by Gasteiger charge is -2.52. The van der Waals surface area contributed by atoms with Crippen molar-refractivity contribution >= 4 is 28.5 Å². The summed E-state index contributed by atoms with van der Waals surface area (Å²) < 4.78 is 25.4. The monoisotopic (exact) mass is 383 g/mol. The molecule has 2 aliphatic heterocycles. The van der Waals surface area contributed by atoms with Gasteiger partial charge < -0.3 is 18.6 Å². The first-order valence-electron chi connectivity index (χ1n) is 10.0. The molecule has 2 atom stereocenters. The predicted molar refractivity (Wildman–Crippen MR) is 114 cm³/mol. The molecule has 2 unspecified atom stereocenters. The Morgan fingerprint density at radius 2 is 1.03 bits per heavy atom. The molecule has 144 valence electrons. The fraction of sp³-hybridized carbons (Fsp3) is 0.167. The number of hydrogen-bond acceptors (Lipinski definition) is 4. The molecule has 0 saturated carbocycles. The van der Waals surface area contributed by atoms with Gasteiger partial charge in [0, 0.05) is 34.1 Å². The van der Waals surface area contributed by atoms with Gasteiger partial charge in [-0.05, 0) is 24.6 Å². The van der Waals surface area contributed by atoms with Crippen LogP contribution >= 0.6 is 0 Å². The molecule has 0 aromatic heterocycles. The molecule has 2 heterocycles. The van der Waals surface area contributed by atoms with E-state index in [1.54, 1.807) is 0 Å². The summed E-state index contributed by atoms with van der Waals surface area (Å²) in [7, 11) is 0. The minimum Gasteiger partial charge on any atom is -0.634 e. The molecule has 0 fully saturated rings. The number of rotatable bonds is 0. The van der Waals surface area contributed by atoms with Gasteiger partial charge in [-0.3, -0.25) is 0 Å². The summed E-state index contributed by atoms with van der Waals surface area (Å²) in [4.78, 5) is 0. The van der Waals surface area contributed by atoms with Crippen LogP contribution in [0.3, 0.4) is 0 Å². The van der Waals surface area contributed by atoms with E-state index < -0.39 is 6.96 Å². The van der Waals surface area contributed by atoms with Crippen molar-refractivity contribution in [2.24, 2.45) is 0 Å². The van der Waals surface area contributed by atoms with Crippen LogP contribution in [0.5, 0.6) is 11.5 Å². The molecule has 4 aromatic rings. The zero-order valence-corrected chi connectivity index (χ0v) is 16.3. The predicted octanol–water partition coefficient (Wildman–Crippen LogP) is 6.07. The lowest BCUT2D eigenvalue weighted by atomic mass is 9.90. The topological polar surface area (TPSA) is 36.9 Å². The van der Waals surface area contributed by atoms with E-state index in [9.17, 15) is 0 Å². The van der Waals surface area contributed by atoms with Crippen LogP contribution in [0.4, 0.5) is 0 Å². The molecule has 4 nitrogen and oxygen atoms in total. The van der Waals surface area contributed by atoms with E-state index >= 15 is 0 Å². The Kier molecular flexibility index (Phi) is 3.49. The van der Waals surface area contributed by atoms with Crippen LogP contribution in [0.25, 0.3) is 21.5 Å². The number of benzene rings is 4. The SMILES string of the molecule is CC1O[B-]2(Oc3c1ccc1ccccc31)Oc1c(ccc3ccccc13)C(C)O2. The number of fused-ring (bicyclic) bond motifs is 6. The van der Waals surface area contributed by atoms with Gasteiger partial charge in [-0.2, -0.15) is 0 Å². The van der Waals surface area contributed by atoms with E-state index in [1.165, 1.54) is 0 Å². The van der Waals surface area contributed by atoms with Gasteiger partial charge in [-0.25, -0.2) is 0 Å². The lowest BCUT2D eigenvalue weighted by molar-refractivity contribution is -0.0329. The van der Waals surface area contributed by atoms with Crippen molar-refractivity contribution < 1.29 is 18.6 Å². The van der Waals surface area contributed by atoms with Crippen LogP contribution in [0.2, 0.25) is 0 Å². The highest BCUT2D eigenvalue weighted by atomic mass is 16.9. The van der Waals surface area contributed by atoms with Gasteiger partial charge >= 0.3 is 6.96 Å². The third-order valence-electron chi connectivity index (χ3n) is 5.96. The van der Waals surface area contributed by atoms with Crippen molar-refractivity contribution in [1.82, 2.24) is 0 Å². The fourth-order valence-corrected chi connectivity index (χ4v) is 4.53. The normalized spacial score (nSPS) is 25.3. The molecule has 2 aliphatic rings. The van der Waals surface area contributed by atoms with Gasteiger partial charge in [0.1, 0.15) is 0 Å². The Bertz CT molecular complexity index is 1170. The maximum Gasteiger partial charge on any atom is 0.653 e. The molecular formula is C24H20BO4-. The van der Waals surface area contributed by atoms with Gasteiger partial charge in [-0.1, -0.05) is 72.8 Å². The smallest absolute Gasteiger partial charge is 0.634 e. The van der Waals surface area contributed by atoms with Gasteiger partial charge in [0.2, 0.25) is 0 Å². The highest BCUT2D eigenvalue weighted by Crippen LogP contribution is 2.48. The molecule has 29 heavy (non-hydrogen) atoms. The van der Waals surface area contributed by atoms with Crippen LogP contribution in [0, 0.1) is 0 Å². The molecule has 4 aromatic carbocycles. The van der Waals surface area contributed by atoms with E-state index in [-0.39, 0.29) is 12.2 Å². The number of hydrogen-bond donors (Lipinski definition) is 0. The van der Waals surface area contributed by atoms with Gasteiger partial charge in [-0.15, -0.1) is 0 Å². The minimum absolute atomic E-state index is 0.216. The van der Waals surface area contributed by atoms with Crippen LogP contribution in [-0.2, 0) is 9.31 Å². The van der Waals surface area contributed by atoms with E-state index in [4.69, 9.17) is 18.6 Å². The second kappa shape index (κ2) is 5.99. The zero-order chi connectivity index (χ0) is 19.6. The van der Waals surface area contributed by atoms with E-state index in [1.807, 2.05) is 38.1 Å². The summed E-state index contributed by atoms with van der Waals surface area (Å²) in [6.07, 6.45) is -0.431. The molecule has 5 heteroatoms. The van der Waals surface area contributed by atoms with E-state index in [0.29, 0.717) is 0 Å².